The van der Waals surface area contributed by atoms with E-state index in [9.17, 15) is 0 Å². The average Bonchev–Trinajstić information content (AvgIpc) is 2.06. The van der Waals surface area contributed by atoms with Crippen LogP contribution >= 0.6 is 0 Å². The number of nitrogens with zero attached hydrogens (tertiary/aromatic N) is 1. The molecular formula is C10H24N2O. The summed E-state index contributed by atoms with van der Waals surface area (Å²) < 4.78 is 0. The van der Waals surface area contributed by atoms with Crippen molar-refractivity contribution in [1.82, 2.24) is 10.2 Å². The van der Waals surface area contributed by atoms with Crippen molar-refractivity contribution >= 4 is 0 Å². The van der Waals surface area contributed by atoms with Crippen LogP contribution in [0, 0.1) is 5.92 Å². The first kappa shape index (κ1) is 12.9. The maximum absolute atomic E-state index is 8.56. The Morgan fingerprint density at radius 2 is 1.69 bits per heavy atom. The van der Waals surface area contributed by atoms with Crippen molar-refractivity contribution in [2.24, 2.45) is 5.92 Å². The first-order chi connectivity index (χ1) is 6.16. The minimum atomic E-state index is 0.292. The molecule has 1 heterocycles. The molecule has 0 aromatic carbocycles. The van der Waals surface area contributed by atoms with E-state index < -0.39 is 0 Å². The Bertz CT molecular complexity index is 95.6. The summed E-state index contributed by atoms with van der Waals surface area (Å²) in [7, 11) is 0. The van der Waals surface area contributed by atoms with Gasteiger partial charge in [-0.15, -0.1) is 0 Å². The fraction of sp³-hybridized carbons (Fsp3) is 1.00. The second-order valence-electron chi connectivity index (χ2n) is 4.05. The van der Waals surface area contributed by atoms with E-state index in [0.717, 1.165) is 38.6 Å². The van der Waals surface area contributed by atoms with Crippen LogP contribution in [0.1, 0.15) is 20.8 Å². The average molecular weight is 188 g/mol. The maximum atomic E-state index is 8.56. The first-order valence-electron chi connectivity index (χ1n) is 5.20. The molecule has 80 valence electrons. The van der Waals surface area contributed by atoms with Crippen molar-refractivity contribution in [2.75, 3.05) is 39.3 Å². The maximum Gasteiger partial charge on any atom is 0.0558 e. The summed E-state index contributed by atoms with van der Waals surface area (Å²) in [6.45, 7) is 11.9. The Balaban J connectivity index is 0.000000310. The first-order valence-corrected chi connectivity index (χ1v) is 5.20. The second-order valence-corrected chi connectivity index (χ2v) is 4.05. The smallest absolute Gasteiger partial charge is 0.0558 e. The molecule has 0 aromatic heterocycles. The SMILES string of the molecule is CC(C)C.OCCN1CCNCC1. The van der Waals surface area contributed by atoms with Crippen molar-refractivity contribution in [3.05, 3.63) is 0 Å². The largest absolute Gasteiger partial charge is 0.395 e. The van der Waals surface area contributed by atoms with Crippen molar-refractivity contribution in [2.45, 2.75) is 20.8 Å². The predicted molar refractivity (Wildman–Crippen MR) is 56.9 cm³/mol. The minimum absolute atomic E-state index is 0.292. The molecular weight excluding hydrogens is 164 g/mol. The standard InChI is InChI=1S/C6H14N2O.C4H10/c9-6-5-8-3-1-7-2-4-8;1-4(2)3/h7,9H,1-6H2;4H,1-3H3. The highest BCUT2D eigenvalue weighted by molar-refractivity contribution is 4.66. The van der Waals surface area contributed by atoms with E-state index in [0.29, 0.717) is 6.61 Å². The van der Waals surface area contributed by atoms with E-state index in [-0.39, 0.29) is 0 Å². The van der Waals surface area contributed by atoms with Crippen LogP contribution in [0.3, 0.4) is 0 Å². The summed E-state index contributed by atoms with van der Waals surface area (Å²) in [5, 5.41) is 11.8. The lowest BCUT2D eigenvalue weighted by atomic mass is 10.3. The molecule has 2 N–H and O–H groups in total. The summed E-state index contributed by atoms with van der Waals surface area (Å²) >= 11 is 0. The van der Waals surface area contributed by atoms with Crippen LogP contribution in [0.25, 0.3) is 0 Å². The third-order valence-corrected chi connectivity index (χ3v) is 1.63. The summed E-state index contributed by atoms with van der Waals surface area (Å²) in [4.78, 5) is 2.26. The van der Waals surface area contributed by atoms with Crippen LogP contribution < -0.4 is 5.32 Å². The number of rotatable bonds is 2. The number of piperazine rings is 1. The number of β-amino-alcohol motifs (C(OH)–C–C–N with tert-alkyl or cyclic N) is 1. The number of hydrogen-bond donors (Lipinski definition) is 2. The number of aliphatic hydroxyl groups is 1. The predicted octanol–water partition coefficient (Wildman–Crippen LogP) is 0.546. The molecule has 1 rings (SSSR count). The molecule has 1 aliphatic rings. The third-order valence-electron chi connectivity index (χ3n) is 1.63. The fourth-order valence-corrected chi connectivity index (χ4v) is 1.08. The fourth-order valence-electron chi connectivity index (χ4n) is 1.08. The molecule has 3 heteroatoms. The monoisotopic (exact) mass is 188 g/mol. The van der Waals surface area contributed by atoms with E-state index >= 15 is 0 Å². The van der Waals surface area contributed by atoms with E-state index in [2.05, 4.69) is 31.0 Å². The normalized spacial score (nSPS) is 18.2. The van der Waals surface area contributed by atoms with Gasteiger partial charge in [-0.3, -0.25) is 4.90 Å². The van der Waals surface area contributed by atoms with Gasteiger partial charge in [-0.25, -0.2) is 0 Å². The highest BCUT2D eigenvalue weighted by Crippen LogP contribution is 1.88. The van der Waals surface area contributed by atoms with Gasteiger partial charge in [0, 0.05) is 32.7 Å². The molecule has 0 radical (unpaired) electrons. The molecule has 0 atom stereocenters. The molecule has 3 nitrogen and oxygen atoms in total. The zero-order chi connectivity index (χ0) is 10.1. The number of hydrogen-bond acceptors (Lipinski definition) is 3. The van der Waals surface area contributed by atoms with Crippen molar-refractivity contribution in [3.8, 4) is 0 Å². The second kappa shape index (κ2) is 8.48. The highest BCUT2D eigenvalue weighted by Gasteiger charge is 2.06. The lowest BCUT2D eigenvalue weighted by Crippen LogP contribution is -2.44. The third kappa shape index (κ3) is 9.80. The quantitative estimate of drug-likeness (QED) is 0.664. The van der Waals surface area contributed by atoms with E-state index in [1.807, 2.05) is 0 Å². The van der Waals surface area contributed by atoms with Gasteiger partial charge in [-0.05, 0) is 5.92 Å². The van der Waals surface area contributed by atoms with Crippen LogP contribution in [0.4, 0.5) is 0 Å². The summed E-state index contributed by atoms with van der Waals surface area (Å²) in [6.07, 6.45) is 0. The van der Waals surface area contributed by atoms with Crippen molar-refractivity contribution in [3.63, 3.8) is 0 Å². The topological polar surface area (TPSA) is 35.5 Å². The minimum Gasteiger partial charge on any atom is -0.395 e. The van der Waals surface area contributed by atoms with E-state index in [1.54, 1.807) is 0 Å². The molecule has 1 aliphatic heterocycles. The molecule has 0 aliphatic carbocycles. The van der Waals surface area contributed by atoms with Crippen LogP contribution in [-0.4, -0.2) is 49.3 Å². The van der Waals surface area contributed by atoms with Gasteiger partial charge in [-0.2, -0.15) is 0 Å². The lowest BCUT2D eigenvalue weighted by molar-refractivity contribution is 0.180. The molecule has 0 unspecified atom stereocenters. The van der Waals surface area contributed by atoms with Crippen molar-refractivity contribution in [1.29, 1.82) is 0 Å². The summed E-state index contributed by atoms with van der Waals surface area (Å²) in [6, 6.07) is 0. The molecule has 13 heavy (non-hydrogen) atoms. The van der Waals surface area contributed by atoms with E-state index in [1.165, 1.54) is 0 Å². The van der Waals surface area contributed by atoms with Crippen molar-refractivity contribution < 1.29 is 5.11 Å². The Kier molecular flexibility index (Phi) is 8.40. The zero-order valence-electron chi connectivity index (χ0n) is 9.21. The molecule has 0 aromatic rings. The number of aliphatic hydroxyl groups excluding tert-OH is 1. The molecule has 0 amide bonds. The zero-order valence-corrected chi connectivity index (χ0v) is 9.21. The Morgan fingerprint density at radius 3 is 2.08 bits per heavy atom. The van der Waals surface area contributed by atoms with Gasteiger partial charge in [0.15, 0.2) is 0 Å². The van der Waals surface area contributed by atoms with Gasteiger partial charge in [0.25, 0.3) is 0 Å². The van der Waals surface area contributed by atoms with E-state index in [4.69, 9.17) is 5.11 Å². The molecule has 1 fully saturated rings. The Hall–Kier alpha value is -0.120. The number of nitrogens with one attached hydrogen (secondary N) is 1. The Morgan fingerprint density at radius 1 is 1.23 bits per heavy atom. The summed E-state index contributed by atoms with van der Waals surface area (Å²) in [5.74, 6) is 0.833. The molecule has 0 spiro atoms. The van der Waals surface area contributed by atoms with Crippen LogP contribution in [0.5, 0.6) is 0 Å². The van der Waals surface area contributed by atoms with Gasteiger partial charge in [-0.1, -0.05) is 20.8 Å². The van der Waals surface area contributed by atoms with Gasteiger partial charge >= 0.3 is 0 Å². The lowest BCUT2D eigenvalue weighted by Gasteiger charge is -2.25. The van der Waals surface area contributed by atoms with Gasteiger partial charge in [0.2, 0.25) is 0 Å². The van der Waals surface area contributed by atoms with Gasteiger partial charge in [0.05, 0.1) is 6.61 Å². The van der Waals surface area contributed by atoms with Crippen LogP contribution in [0.15, 0.2) is 0 Å². The molecule has 0 saturated carbocycles. The van der Waals surface area contributed by atoms with Crippen LogP contribution in [0.2, 0.25) is 0 Å². The van der Waals surface area contributed by atoms with Crippen LogP contribution in [-0.2, 0) is 0 Å². The Labute approximate surface area is 82.1 Å². The molecule has 0 bridgehead atoms. The molecule has 1 saturated heterocycles. The summed E-state index contributed by atoms with van der Waals surface area (Å²) in [5.41, 5.74) is 0. The highest BCUT2D eigenvalue weighted by atomic mass is 16.3. The van der Waals surface area contributed by atoms with Gasteiger partial charge < -0.3 is 10.4 Å². The van der Waals surface area contributed by atoms with Gasteiger partial charge in [0.1, 0.15) is 0 Å².